The van der Waals surface area contributed by atoms with Crippen molar-refractivity contribution in [3.63, 3.8) is 0 Å². The zero-order valence-corrected chi connectivity index (χ0v) is 13.3. The fourth-order valence-electron chi connectivity index (χ4n) is 2.88. The molecule has 0 saturated carbocycles. The van der Waals surface area contributed by atoms with Crippen LogP contribution in [0.3, 0.4) is 0 Å². The number of nitrogens with zero attached hydrogens (tertiary/aromatic N) is 5. The summed E-state index contributed by atoms with van der Waals surface area (Å²) in [6.07, 6.45) is 4.92. The molecular weight excluding hydrogens is 296 g/mol. The second-order valence-corrected chi connectivity index (χ2v) is 5.77. The van der Waals surface area contributed by atoms with Crippen molar-refractivity contribution in [3.8, 4) is 0 Å². The van der Waals surface area contributed by atoms with E-state index in [1.54, 1.807) is 34.9 Å². The molecule has 2 aromatic heterocycles. The Morgan fingerprint density at radius 3 is 2.91 bits per heavy atom. The molecule has 122 valence electrons. The van der Waals surface area contributed by atoms with Crippen molar-refractivity contribution in [1.29, 1.82) is 0 Å². The average Bonchev–Trinajstić information content (AvgIpc) is 2.90. The molecule has 1 aliphatic heterocycles. The lowest BCUT2D eigenvalue weighted by molar-refractivity contribution is -0.125. The smallest absolute Gasteiger partial charge is 0.259 e. The minimum absolute atomic E-state index is 0.0467. The van der Waals surface area contributed by atoms with Crippen molar-refractivity contribution >= 4 is 17.5 Å². The van der Waals surface area contributed by atoms with Crippen LogP contribution in [0.15, 0.2) is 24.7 Å². The summed E-state index contributed by atoms with van der Waals surface area (Å²) >= 11 is 0. The third-order valence-corrected chi connectivity index (χ3v) is 4.14. The van der Waals surface area contributed by atoms with Crippen LogP contribution in [0.5, 0.6) is 0 Å². The molecule has 0 spiro atoms. The normalized spacial score (nSPS) is 19.6. The highest BCUT2D eigenvalue weighted by molar-refractivity contribution is 5.99. The summed E-state index contributed by atoms with van der Waals surface area (Å²) in [5, 5.41) is 6.83. The lowest BCUT2D eigenvalue weighted by Gasteiger charge is -2.22. The molecular formula is C15H20N6O2. The zero-order chi connectivity index (χ0) is 16.4. The topological polar surface area (TPSA) is 82.8 Å². The SMILES string of the molecule is CNC(=O)C1CN(C)CCN(C(=O)c2cnn3cccnc23)C1. The summed E-state index contributed by atoms with van der Waals surface area (Å²) in [6, 6.07) is 1.76. The van der Waals surface area contributed by atoms with E-state index in [1.807, 2.05) is 7.05 Å². The molecule has 23 heavy (non-hydrogen) atoms. The van der Waals surface area contributed by atoms with Crippen molar-refractivity contribution in [1.82, 2.24) is 29.7 Å². The van der Waals surface area contributed by atoms with Crippen LogP contribution in [0.2, 0.25) is 0 Å². The van der Waals surface area contributed by atoms with Crippen molar-refractivity contribution in [3.05, 3.63) is 30.2 Å². The molecule has 8 nitrogen and oxygen atoms in total. The van der Waals surface area contributed by atoms with E-state index in [0.29, 0.717) is 30.8 Å². The molecule has 1 saturated heterocycles. The van der Waals surface area contributed by atoms with Gasteiger partial charge >= 0.3 is 0 Å². The van der Waals surface area contributed by atoms with Crippen LogP contribution in [-0.4, -0.2) is 76.5 Å². The Bertz CT molecular complexity index is 728. The molecule has 0 aliphatic carbocycles. The Morgan fingerprint density at radius 2 is 2.13 bits per heavy atom. The van der Waals surface area contributed by atoms with Crippen molar-refractivity contribution in [2.75, 3.05) is 40.3 Å². The van der Waals surface area contributed by atoms with Gasteiger partial charge in [-0.2, -0.15) is 5.10 Å². The molecule has 2 amide bonds. The van der Waals surface area contributed by atoms with Gasteiger partial charge in [0.05, 0.1) is 12.1 Å². The number of rotatable bonds is 2. The largest absolute Gasteiger partial charge is 0.359 e. The zero-order valence-electron chi connectivity index (χ0n) is 13.3. The number of hydrogen-bond donors (Lipinski definition) is 1. The van der Waals surface area contributed by atoms with Gasteiger partial charge in [-0.25, -0.2) is 9.50 Å². The average molecular weight is 316 g/mol. The third kappa shape index (κ3) is 3.02. The van der Waals surface area contributed by atoms with Gasteiger partial charge in [-0.1, -0.05) is 0 Å². The Morgan fingerprint density at radius 1 is 1.30 bits per heavy atom. The number of likely N-dealkylation sites (N-methyl/N-ethyl adjacent to an activating group) is 1. The van der Waals surface area contributed by atoms with Gasteiger partial charge in [0.2, 0.25) is 5.91 Å². The number of amides is 2. The molecule has 0 aromatic carbocycles. The van der Waals surface area contributed by atoms with Crippen LogP contribution in [0, 0.1) is 5.92 Å². The summed E-state index contributed by atoms with van der Waals surface area (Å²) < 4.78 is 1.58. The van der Waals surface area contributed by atoms with Gasteiger partial charge in [-0.3, -0.25) is 9.59 Å². The standard InChI is InChI=1S/C15H20N6O2/c1-16-14(22)11-9-19(2)6-7-20(10-11)15(23)12-8-18-21-5-3-4-17-13(12)21/h3-5,8,11H,6-7,9-10H2,1-2H3,(H,16,22). The van der Waals surface area contributed by atoms with E-state index in [9.17, 15) is 9.59 Å². The predicted molar refractivity (Wildman–Crippen MR) is 83.9 cm³/mol. The van der Waals surface area contributed by atoms with Crippen LogP contribution < -0.4 is 5.32 Å². The minimum Gasteiger partial charge on any atom is -0.359 e. The lowest BCUT2D eigenvalue weighted by Crippen LogP contribution is -2.41. The van der Waals surface area contributed by atoms with E-state index in [-0.39, 0.29) is 17.7 Å². The number of carbonyl (C=O) groups is 2. The Hall–Kier alpha value is -2.48. The van der Waals surface area contributed by atoms with Gasteiger partial charge in [-0.05, 0) is 13.1 Å². The quantitative estimate of drug-likeness (QED) is 0.806. The molecule has 1 N–H and O–H groups in total. The van der Waals surface area contributed by atoms with Crippen molar-refractivity contribution in [2.45, 2.75) is 0 Å². The fraction of sp³-hybridized carbons (Fsp3) is 0.467. The van der Waals surface area contributed by atoms with E-state index in [0.717, 1.165) is 6.54 Å². The van der Waals surface area contributed by atoms with E-state index >= 15 is 0 Å². The highest BCUT2D eigenvalue weighted by atomic mass is 16.2. The van der Waals surface area contributed by atoms with Gasteiger partial charge in [-0.15, -0.1) is 0 Å². The number of fused-ring (bicyclic) bond motifs is 1. The number of aromatic nitrogens is 3. The van der Waals surface area contributed by atoms with E-state index in [1.165, 1.54) is 6.20 Å². The Balaban J connectivity index is 1.87. The molecule has 1 fully saturated rings. The molecule has 2 aromatic rings. The first-order valence-electron chi connectivity index (χ1n) is 7.58. The monoisotopic (exact) mass is 316 g/mol. The summed E-state index contributed by atoms with van der Waals surface area (Å²) in [5.74, 6) is -0.427. The van der Waals surface area contributed by atoms with Gasteiger partial charge in [0.15, 0.2) is 5.65 Å². The molecule has 0 radical (unpaired) electrons. The van der Waals surface area contributed by atoms with E-state index < -0.39 is 0 Å². The second kappa shape index (κ2) is 6.33. The number of nitrogens with one attached hydrogen (secondary N) is 1. The number of hydrogen-bond acceptors (Lipinski definition) is 5. The predicted octanol–water partition coefficient (Wildman–Crippen LogP) is -0.521. The molecule has 3 heterocycles. The minimum atomic E-state index is -0.244. The molecule has 1 atom stereocenters. The molecule has 0 bridgehead atoms. The first-order valence-corrected chi connectivity index (χ1v) is 7.58. The second-order valence-electron chi connectivity index (χ2n) is 5.77. The highest BCUT2D eigenvalue weighted by Gasteiger charge is 2.30. The maximum Gasteiger partial charge on any atom is 0.259 e. The highest BCUT2D eigenvalue weighted by Crippen LogP contribution is 2.15. The lowest BCUT2D eigenvalue weighted by atomic mass is 10.1. The number of carbonyl (C=O) groups excluding carboxylic acids is 2. The molecule has 1 unspecified atom stereocenters. The molecule has 1 aliphatic rings. The maximum atomic E-state index is 12.9. The van der Waals surface area contributed by atoms with Gasteiger partial charge < -0.3 is 15.1 Å². The van der Waals surface area contributed by atoms with Gasteiger partial charge in [0, 0.05) is 45.6 Å². The Kier molecular flexibility index (Phi) is 4.24. The third-order valence-electron chi connectivity index (χ3n) is 4.14. The maximum absolute atomic E-state index is 12.9. The van der Waals surface area contributed by atoms with Crippen LogP contribution in [0.25, 0.3) is 5.65 Å². The van der Waals surface area contributed by atoms with Crippen LogP contribution in [-0.2, 0) is 4.79 Å². The molecule has 3 rings (SSSR count). The first kappa shape index (κ1) is 15.4. The summed E-state index contributed by atoms with van der Waals surface area (Å²) in [6.45, 7) is 2.34. The van der Waals surface area contributed by atoms with Gasteiger partial charge in [0.1, 0.15) is 5.56 Å². The fourth-order valence-corrected chi connectivity index (χ4v) is 2.88. The van der Waals surface area contributed by atoms with Crippen LogP contribution >= 0.6 is 0 Å². The van der Waals surface area contributed by atoms with Crippen LogP contribution in [0.1, 0.15) is 10.4 Å². The van der Waals surface area contributed by atoms with Crippen molar-refractivity contribution in [2.24, 2.45) is 5.92 Å². The van der Waals surface area contributed by atoms with E-state index in [2.05, 4.69) is 20.3 Å². The summed E-state index contributed by atoms with van der Waals surface area (Å²) in [7, 11) is 3.58. The van der Waals surface area contributed by atoms with Gasteiger partial charge in [0.25, 0.3) is 5.91 Å². The first-order chi connectivity index (χ1) is 11.1. The Labute approximate surface area is 134 Å². The van der Waals surface area contributed by atoms with Crippen molar-refractivity contribution < 1.29 is 9.59 Å². The summed E-state index contributed by atoms with van der Waals surface area (Å²) in [5.41, 5.74) is 0.998. The molecule has 8 heteroatoms. The van der Waals surface area contributed by atoms with Crippen LogP contribution in [0.4, 0.5) is 0 Å². The van der Waals surface area contributed by atoms with E-state index in [4.69, 9.17) is 0 Å². The summed E-state index contributed by atoms with van der Waals surface area (Å²) in [4.78, 5) is 32.9.